The van der Waals surface area contributed by atoms with Crippen molar-refractivity contribution in [3.8, 4) is 16.9 Å². The van der Waals surface area contributed by atoms with Gasteiger partial charge in [-0.1, -0.05) is 52.9 Å². The highest BCUT2D eigenvalue weighted by atomic mass is 127. The number of hydrogen-bond donors (Lipinski definition) is 1. The molecule has 1 heterocycles. The molecule has 110 valence electrons. The van der Waals surface area contributed by atoms with E-state index in [0.717, 1.165) is 29.7 Å². The Morgan fingerprint density at radius 1 is 1.19 bits per heavy atom. The van der Waals surface area contributed by atoms with Gasteiger partial charge in [-0.3, -0.25) is 0 Å². The predicted molar refractivity (Wildman–Crippen MR) is 96.6 cm³/mol. The third-order valence-electron chi connectivity index (χ3n) is 4.13. The summed E-state index contributed by atoms with van der Waals surface area (Å²) >= 11 is 2.49. The Balaban J connectivity index is 2.00. The van der Waals surface area contributed by atoms with E-state index in [9.17, 15) is 0 Å². The molecule has 0 saturated carbocycles. The Bertz CT molecular complexity index is 626. The van der Waals surface area contributed by atoms with E-state index in [1.165, 1.54) is 22.3 Å². The van der Waals surface area contributed by atoms with Crippen LogP contribution < -0.4 is 10.1 Å². The second-order valence-corrected chi connectivity index (χ2v) is 6.33. The SMILES string of the molecule is COc1cccc(-c2ccc3c(c2)CCNCC3CI)c1. The van der Waals surface area contributed by atoms with E-state index < -0.39 is 0 Å². The monoisotopic (exact) mass is 393 g/mol. The molecule has 0 radical (unpaired) electrons. The van der Waals surface area contributed by atoms with Crippen LogP contribution in [0, 0.1) is 0 Å². The summed E-state index contributed by atoms with van der Waals surface area (Å²) in [5, 5.41) is 3.55. The largest absolute Gasteiger partial charge is 0.497 e. The molecule has 21 heavy (non-hydrogen) atoms. The Labute approximate surface area is 140 Å². The molecule has 3 heteroatoms. The van der Waals surface area contributed by atoms with Crippen LogP contribution in [0.3, 0.4) is 0 Å². The van der Waals surface area contributed by atoms with Gasteiger partial charge in [0.25, 0.3) is 0 Å². The molecule has 0 spiro atoms. The van der Waals surface area contributed by atoms with Gasteiger partial charge in [-0.2, -0.15) is 0 Å². The normalized spacial score (nSPS) is 17.9. The molecular weight excluding hydrogens is 373 g/mol. The summed E-state index contributed by atoms with van der Waals surface area (Å²) in [5.74, 6) is 1.54. The van der Waals surface area contributed by atoms with E-state index >= 15 is 0 Å². The van der Waals surface area contributed by atoms with Gasteiger partial charge in [0, 0.05) is 16.9 Å². The lowest BCUT2D eigenvalue weighted by Gasteiger charge is -2.16. The predicted octanol–water partition coefficient (Wildman–Crippen LogP) is 4.03. The summed E-state index contributed by atoms with van der Waals surface area (Å²) in [4.78, 5) is 0. The maximum absolute atomic E-state index is 5.33. The molecule has 0 bridgehead atoms. The fourth-order valence-corrected chi connectivity index (χ4v) is 3.74. The minimum Gasteiger partial charge on any atom is -0.497 e. The van der Waals surface area contributed by atoms with Crippen LogP contribution in [0.25, 0.3) is 11.1 Å². The quantitative estimate of drug-likeness (QED) is 0.628. The first-order chi connectivity index (χ1) is 10.3. The molecule has 2 nitrogen and oxygen atoms in total. The lowest BCUT2D eigenvalue weighted by molar-refractivity contribution is 0.415. The molecule has 0 fully saturated rings. The van der Waals surface area contributed by atoms with E-state index in [0.29, 0.717) is 5.92 Å². The van der Waals surface area contributed by atoms with Gasteiger partial charge in [-0.15, -0.1) is 0 Å². The lowest BCUT2D eigenvalue weighted by atomic mass is 9.92. The number of fused-ring (bicyclic) bond motifs is 1. The lowest BCUT2D eigenvalue weighted by Crippen LogP contribution is -2.20. The Morgan fingerprint density at radius 2 is 2.05 bits per heavy atom. The van der Waals surface area contributed by atoms with Crippen LogP contribution in [-0.2, 0) is 6.42 Å². The molecule has 0 amide bonds. The van der Waals surface area contributed by atoms with Crippen molar-refractivity contribution in [3.63, 3.8) is 0 Å². The number of nitrogens with one attached hydrogen (secondary N) is 1. The van der Waals surface area contributed by atoms with Gasteiger partial charge in [0.1, 0.15) is 5.75 Å². The summed E-state index contributed by atoms with van der Waals surface area (Å²) in [6, 6.07) is 15.2. The molecule has 2 aromatic carbocycles. The molecule has 0 aliphatic carbocycles. The maximum atomic E-state index is 5.33. The van der Waals surface area contributed by atoms with E-state index in [-0.39, 0.29) is 0 Å². The molecule has 2 aromatic rings. The standard InChI is InChI=1S/C18H20INO/c1-21-17-4-2-3-13(10-17)14-5-6-18-15(9-14)7-8-20-12-16(18)11-19/h2-6,9-10,16,20H,7-8,11-12H2,1H3. The van der Waals surface area contributed by atoms with Gasteiger partial charge in [0.05, 0.1) is 7.11 Å². The molecule has 1 unspecified atom stereocenters. The van der Waals surface area contributed by atoms with Crippen molar-refractivity contribution in [1.82, 2.24) is 5.32 Å². The highest BCUT2D eigenvalue weighted by Crippen LogP contribution is 2.30. The molecular formula is C18H20INO. The van der Waals surface area contributed by atoms with Gasteiger partial charge in [-0.05, 0) is 47.4 Å². The molecule has 0 saturated heterocycles. The van der Waals surface area contributed by atoms with Gasteiger partial charge >= 0.3 is 0 Å². The van der Waals surface area contributed by atoms with Crippen molar-refractivity contribution >= 4 is 22.6 Å². The summed E-state index contributed by atoms with van der Waals surface area (Å²) in [6.45, 7) is 2.16. The van der Waals surface area contributed by atoms with Gasteiger partial charge < -0.3 is 10.1 Å². The minimum absolute atomic E-state index is 0.627. The summed E-state index contributed by atoms with van der Waals surface area (Å²) in [7, 11) is 1.72. The number of hydrogen-bond acceptors (Lipinski definition) is 2. The fraction of sp³-hybridized carbons (Fsp3) is 0.333. The van der Waals surface area contributed by atoms with E-state index in [4.69, 9.17) is 4.74 Å². The van der Waals surface area contributed by atoms with Crippen molar-refractivity contribution in [2.45, 2.75) is 12.3 Å². The molecule has 3 rings (SSSR count). The van der Waals surface area contributed by atoms with Gasteiger partial charge in [-0.25, -0.2) is 0 Å². The Kier molecular flexibility index (Phi) is 4.80. The number of rotatable bonds is 3. The van der Waals surface area contributed by atoms with Gasteiger partial charge in [0.15, 0.2) is 0 Å². The summed E-state index contributed by atoms with van der Waals surface area (Å²) < 4.78 is 6.50. The average molecular weight is 393 g/mol. The first-order valence-electron chi connectivity index (χ1n) is 7.35. The van der Waals surface area contributed by atoms with E-state index in [1.807, 2.05) is 6.07 Å². The third-order valence-corrected chi connectivity index (χ3v) is 5.20. The zero-order chi connectivity index (χ0) is 14.7. The first kappa shape index (κ1) is 14.9. The number of methoxy groups -OCH3 is 1. The van der Waals surface area contributed by atoms with Crippen molar-refractivity contribution in [2.24, 2.45) is 0 Å². The van der Waals surface area contributed by atoms with E-state index in [2.05, 4.69) is 64.3 Å². The van der Waals surface area contributed by atoms with Gasteiger partial charge in [0.2, 0.25) is 0 Å². The van der Waals surface area contributed by atoms with Crippen LogP contribution in [0.1, 0.15) is 17.0 Å². The number of benzene rings is 2. The van der Waals surface area contributed by atoms with Crippen LogP contribution in [0.4, 0.5) is 0 Å². The fourth-order valence-electron chi connectivity index (χ4n) is 2.95. The van der Waals surface area contributed by atoms with Crippen LogP contribution in [0.15, 0.2) is 42.5 Å². The number of halogens is 1. The molecule has 1 atom stereocenters. The maximum Gasteiger partial charge on any atom is 0.119 e. The number of alkyl halides is 1. The Morgan fingerprint density at radius 3 is 2.86 bits per heavy atom. The minimum atomic E-state index is 0.627. The highest BCUT2D eigenvalue weighted by molar-refractivity contribution is 14.1. The zero-order valence-corrected chi connectivity index (χ0v) is 14.4. The highest BCUT2D eigenvalue weighted by Gasteiger charge is 2.17. The van der Waals surface area contributed by atoms with Crippen LogP contribution in [0.5, 0.6) is 5.75 Å². The van der Waals surface area contributed by atoms with Crippen LogP contribution >= 0.6 is 22.6 Å². The molecule has 1 N–H and O–H groups in total. The topological polar surface area (TPSA) is 21.3 Å². The smallest absolute Gasteiger partial charge is 0.119 e. The molecule has 1 aliphatic rings. The third kappa shape index (κ3) is 3.24. The molecule has 1 aliphatic heterocycles. The van der Waals surface area contributed by atoms with E-state index in [1.54, 1.807) is 7.11 Å². The zero-order valence-electron chi connectivity index (χ0n) is 12.2. The van der Waals surface area contributed by atoms with Crippen molar-refractivity contribution in [2.75, 3.05) is 24.6 Å². The second-order valence-electron chi connectivity index (χ2n) is 5.45. The average Bonchev–Trinajstić information content (AvgIpc) is 2.76. The first-order valence-corrected chi connectivity index (χ1v) is 8.88. The summed E-state index contributed by atoms with van der Waals surface area (Å²) in [5.41, 5.74) is 5.50. The van der Waals surface area contributed by atoms with Crippen molar-refractivity contribution in [3.05, 3.63) is 53.6 Å². The van der Waals surface area contributed by atoms with Crippen molar-refractivity contribution < 1.29 is 4.74 Å². The Hall–Kier alpha value is -1.07. The second kappa shape index (κ2) is 6.79. The van der Waals surface area contributed by atoms with Crippen LogP contribution in [-0.4, -0.2) is 24.6 Å². The summed E-state index contributed by atoms with van der Waals surface area (Å²) in [6.07, 6.45) is 1.11. The van der Waals surface area contributed by atoms with Crippen LogP contribution in [0.2, 0.25) is 0 Å². The number of ether oxygens (including phenoxy) is 1. The van der Waals surface area contributed by atoms with Crippen molar-refractivity contribution in [1.29, 1.82) is 0 Å². The molecule has 0 aromatic heterocycles.